The first kappa shape index (κ1) is 16.3. The van der Waals surface area contributed by atoms with Crippen molar-refractivity contribution in [2.24, 2.45) is 0 Å². The molecule has 0 atom stereocenters. The van der Waals surface area contributed by atoms with Crippen molar-refractivity contribution in [1.82, 2.24) is 0 Å². The molecule has 0 spiro atoms. The van der Waals surface area contributed by atoms with Crippen molar-refractivity contribution in [1.29, 1.82) is 0 Å². The molecule has 0 radical (unpaired) electrons. The van der Waals surface area contributed by atoms with Crippen LogP contribution >= 0.6 is 38.9 Å². The van der Waals surface area contributed by atoms with Crippen molar-refractivity contribution < 1.29 is 9.53 Å². The minimum absolute atomic E-state index is 0.374. The third kappa shape index (κ3) is 3.78. The summed E-state index contributed by atoms with van der Waals surface area (Å²) < 4.78 is 6.30. The molecule has 0 saturated carbocycles. The quantitative estimate of drug-likeness (QED) is 0.704. The second-order valence-corrected chi connectivity index (χ2v) is 7.75. The van der Waals surface area contributed by atoms with E-state index in [-0.39, 0.29) is 0 Å². The van der Waals surface area contributed by atoms with Crippen molar-refractivity contribution in [3.8, 4) is 11.1 Å². The first-order valence-corrected chi connectivity index (χ1v) is 8.30. The molecule has 112 valence electrons. The number of hydrogen-bond donors (Lipinski definition) is 1. The molecule has 0 aliphatic carbocycles. The van der Waals surface area contributed by atoms with Crippen LogP contribution in [0, 0.1) is 0 Å². The van der Waals surface area contributed by atoms with Crippen LogP contribution in [-0.4, -0.2) is 11.6 Å². The third-order valence-electron chi connectivity index (χ3n) is 2.64. The van der Waals surface area contributed by atoms with E-state index in [4.69, 9.17) is 22.1 Å². The second kappa shape index (κ2) is 5.99. The maximum Gasteiger partial charge on any atom is 0.342 e. The molecule has 2 aromatic rings. The molecule has 2 rings (SSSR count). The summed E-state index contributed by atoms with van der Waals surface area (Å²) in [5.74, 6) is -0.435. The molecule has 1 aromatic carbocycles. The lowest BCUT2D eigenvalue weighted by Gasteiger charge is -2.20. The lowest BCUT2D eigenvalue weighted by Crippen LogP contribution is -2.24. The van der Waals surface area contributed by atoms with Gasteiger partial charge in [0.25, 0.3) is 0 Å². The van der Waals surface area contributed by atoms with Gasteiger partial charge in [-0.25, -0.2) is 4.79 Å². The predicted octanol–water partition coefficient (Wildman–Crippen LogP) is 5.37. The summed E-state index contributed by atoms with van der Waals surface area (Å²) in [5, 5.41) is 2.80. The zero-order valence-electron chi connectivity index (χ0n) is 11.9. The summed E-state index contributed by atoms with van der Waals surface area (Å²) in [7, 11) is 0. The Morgan fingerprint density at radius 1 is 1.33 bits per heavy atom. The van der Waals surface area contributed by atoms with E-state index in [1.807, 2.05) is 38.3 Å². The molecule has 21 heavy (non-hydrogen) atoms. The van der Waals surface area contributed by atoms with Gasteiger partial charge in [0.1, 0.15) is 16.2 Å². The van der Waals surface area contributed by atoms with E-state index in [1.165, 1.54) is 11.3 Å². The molecular weight excluding hydrogens is 374 g/mol. The Bertz CT molecular complexity index is 691. The zero-order chi connectivity index (χ0) is 15.8. The molecule has 6 heteroatoms. The zero-order valence-corrected chi connectivity index (χ0v) is 15.0. The van der Waals surface area contributed by atoms with Crippen molar-refractivity contribution in [3.63, 3.8) is 0 Å². The molecule has 0 fully saturated rings. The minimum Gasteiger partial charge on any atom is -0.456 e. The SMILES string of the molecule is CC(C)(C)OC(=O)c1c(-c2ccc(Br)cc2Cl)csc1N. The number of rotatable bonds is 2. The van der Waals surface area contributed by atoms with Crippen LogP contribution in [0.3, 0.4) is 0 Å². The standard InChI is InChI=1S/C15H15BrClNO2S/c1-15(2,3)20-14(19)12-10(7-21-13(12)18)9-5-4-8(16)6-11(9)17/h4-7H,18H2,1-3H3. The van der Waals surface area contributed by atoms with Gasteiger partial charge < -0.3 is 10.5 Å². The summed E-state index contributed by atoms with van der Waals surface area (Å²) in [5.41, 5.74) is 7.20. The Balaban J connectivity index is 2.50. The minimum atomic E-state index is -0.577. The van der Waals surface area contributed by atoms with E-state index < -0.39 is 11.6 Å². The number of carbonyl (C=O) groups excluding carboxylic acids is 1. The molecule has 0 amide bonds. The van der Waals surface area contributed by atoms with Crippen LogP contribution < -0.4 is 5.73 Å². The lowest BCUT2D eigenvalue weighted by atomic mass is 10.0. The van der Waals surface area contributed by atoms with Gasteiger partial charge in [0.05, 0.1) is 0 Å². The fourth-order valence-electron chi connectivity index (χ4n) is 1.82. The number of halogens is 2. The van der Waals surface area contributed by atoms with E-state index in [9.17, 15) is 4.79 Å². The Labute approximate surface area is 141 Å². The van der Waals surface area contributed by atoms with E-state index in [0.29, 0.717) is 21.2 Å². The van der Waals surface area contributed by atoms with Gasteiger partial charge in [-0.1, -0.05) is 33.6 Å². The van der Waals surface area contributed by atoms with Gasteiger partial charge in [-0.2, -0.15) is 0 Å². The average Bonchev–Trinajstić information content (AvgIpc) is 2.68. The van der Waals surface area contributed by atoms with Gasteiger partial charge in [0.2, 0.25) is 0 Å². The molecule has 0 aliphatic rings. The van der Waals surface area contributed by atoms with Crippen LogP contribution in [0.2, 0.25) is 5.02 Å². The van der Waals surface area contributed by atoms with Gasteiger partial charge in [-0.3, -0.25) is 0 Å². The van der Waals surface area contributed by atoms with Gasteiger partial charge in [0, 0.05) is 26.0 Å². The van der Waals surface area contributed by atoms with Crippen molar-refractivity contribution in [3.05, 3.63) is 38.6 Å². The highest BCUT2D eigenvalue weighted by atomic mass is 79.9. The number of anilines is 1. The number of nitrogens with two attached hydrogens (primary N) is 1. The van der Waals surface area contributed by atoms with Crippen LogP contribution in [0.4, 0.5) is 5.00 Å². The van der Waals surface area contributed by atoms with E-state index in [1.54, 1.807) is 6.07 Å². The second-order valence-electron chi connectivity index (χ2n) is 5.51. The van der Waals surface area contributed by atoms with Crippen molar-refractivity contribution >= 4 is 49.8 Å². The normalized spacial score (nSPS) is 11.5. The molecular formula is C15H15BrClNO2S. The number of esters is 1. The highest BCUT2D eigenvalue weighted by Crippen LogP contribution is 2.39. The maximum atomic E-state index is 12.4. The van der Waals surface area contributed by atoms with Crippen LogP contribution in [0.15, 0.2) is 28.1 Å². The first-order valence-electron chi connectivity index (χ1n) is 6.25. The largest absolute Gasteiger partial charge is 0.456 e. The Kier molecular flexibility index (Phi) is 4.66. The molecule has 0 saturated heterocycles. The fraction of sp³-hybridized carbons (Fsp3) is 0.267. The predicted molar refractivity (Wildman–Crippen MR) is 92.0 cm³/mol. The summed E-state index contributed by atoms with van der Waals surface area (Å²) >= 11 is 10.9. The van der Waals surface area contributed by atoms with Crippen LogP contribution in [0.5, 0.6) is 0 Å². The molecule has 1 heterocycles. The summed E-state index contributed by atoms with van der Waals surface area (Å²) in [6.45, 7) is 5.46. The summed E-state index contributed by atoms with van der Waals surface area (Å²) in [6.07, 6.45) is 0. The number of hydrogen-bond acceptors (Lipinski definition) is 4. The van der Waals surface area contributed by atoms with Crippen LogP contribution in [0.1, 0.15) is 31.1 Å². The van der Waals surface area contributed by atoms with Gasteiger partial charge in [0.15, 0.2) is 0 Å². The van der Waals surface area contributed by atoms with Crippen molar-refractivity contribution in [2.45, 2.75) is 26.4 Å². The molecule has 0 unspecified atom stereocenters. The topological polar surface area (TPSA) is 52.3 Å². The first-order chi connectivity index (χ1) is 9.69. The molecule has 2 N–H and O–H groups in total. The average molecular weight is 389 g/mol. The summed E-state index contributed by atoms with van der Waals surface area (Å²) in [4.78, 5) is 12.4. The number of benzene rings is 1. The summed E-state index contributed by atoms with van der Waals surface area (Å²) in [6, 6.07) is 5.50. The molecule has 3 nitrogen and oxygen atoms in total. The number of thiophene rings is 1. The molecule has 0 aliphatic heterocycles. The van der Waals surface area contributed by atoms with Crippen LogP contribution in [-0.2, 0) is 4.74 Å². The highest BCUT2D eigenvalue weighted by molar-refractivity contribution is 9.10. The Morgan fingerprint density at radius 2 is 2.00 bits per heavy atom. The maximum absolute atomic E-state index is 12.4. The van der Waals surface area contributed by atoms with Gasteiger partial charge >= 0.3 is 5.97 Å². The van der Waals surface area contributed by atoms with E-state index in [0.717, 1.165) is 10.0 Å². The smallest absolute Gasteiger partial charge is 0.342 e. The van der Waals surface area contributed by atoms with Gasteiger partial charge in [-0.15, -0.1) is 11.3 Å². The fourth-order valence-corrected chi connectivity index (χ4v) is 3.39. The number of ether oxygens (including phenoxy) is 1. The number of carbonyl (C=O) groups is 1. The Hall–Kier alpha value is -1.04. The molecule has 1 aromatic heterocycles. The van der Waals surface area contributed by atoms with Crippen molar-refractivity contribution in [2.75, 3.05) is 5.73 Å². The monoisotopic (exact) mass is 387 g/mol. The molecule has 0 bridgehead atoms. The number of nitrogen functional groups attached to an aromatic ring is 1. The van der Waals surface area contributed by atoms with E-state index >= 15 is 0 Å². The highest BCUT2D eigenvalue weighted by Gasteiger charge is 2.25. The van der Waals surface area contributed by atoms with Crippen LogP contribution in [0.25, 0.3) is 11.1 Å². The van der Waals surface area contributed by atoms with Gasteiger partial charge in [-0.05, 0) is 32.9 Å². The Morgan fingerprint density at radius 3 is 2.57 bits per heavy atom. The lowest BCUT2D eigenvalue weighted by molar-refractivity contribution is 0.00722. The van der Waals surface area contributed by atoms with E-state index in [2.05, 4.69) is 15.9 Å². The third-order valence-corrected chi connectivity index (χ3v) is 4.26.